The number of hydrogen-bond acceptors (Lipinski definition) is 5. The van der Waals surface area contributed by atoms with Crippen LogP contribution >= 0.6 is 27.3 Å². The van der Waals surface area contributed by atoms with E-state index in [9.17, 15) is 8.42 Å². The van der Waals surface area contributed by atoms with Crippen molar-refractivity contribution in [1.82, 2.24) is 4.98 Å². The fourth-order valence-electron chi connectivity index (χ4n) is 3.88. The highest BCUT2D eigenvalue weighted by molar-refractivity contribution is 9.10. The first kappa shape index (κ1) is 22.5. The van der Waals surface area contributed by atoms with Gasteiger partial charge >= 0.3 is 0 Å². The van der Waals surface area contributed by atoms with Gasteiger partial charge in [-0.15, -0.1) is 11.3 Å². The summed E-state index contributed by atoms with van der Waals surface area (Å²) in [6, 6.07) is 15.5. The second-order valence-electron chi connectivity index (χ2n) is 9.03. The Kier molecular flexibility index (Phi) is 6.30. The van der Waals surface area contributed by atoms with E-state index in [1.165, 1.54) is 0 Å². The number of sulfone groups is 1. The molecule has 0 atom stereocenters. The minimum atomic E-state index is -3.32. The van der Waals surface area contributed by atoms with Gasteiger partial charge in [-0.25, -0.2) is 13.4 Å². The number of anilines is 1. The normalized spacial score (nSPS) is 15.9. The van der Waals surface area contributed by atoms with Crippen LogP contribution in [0, 0.1) is 0 Å². The van der Waals surface area contributed by atoms with Crippen molar-refractivity contribution in [3.05, 3.63) is 63.9 Å². The van der Waals surface area contributed by atoms with E-state index in [1.54, 1.807) is 23.5 Å². The van der Waals surface area contributed by atoms with Gasteiger partial charge < -0.3 is 4.90 Å². The van der Waals surface area contributed by atoms with E-state index >= 15 is 0 Å². The topological polar surface area (TPSA) is 50.3 Å². The van der Waals surface area contributed by atoms with Crippen molar-refractivity contribution < 1.29 is 8.42 Å². The van der Waals surface area contributed by atoms with Crippen LogP contribution in [0.1, 0.15) is 39.2 Å². The van der Waals surface area contributed by atoms with Crippen molar-refractivity contribution >= 4 is 42.2 Å². The van der Waals surface area contributed by atoms with Crippen LogP contribution in [-0.2, 0) is 15.3 Å². The molecule has 4 rings (SSSR count). The van der Waals surface area contributed by atoms with E-state index in [2.05, 4.69) is 53.0 Å². The third kappa shape index (κ3) is 4.89. The average Bonchev–Trinajstić information content (AvgIpc) is 3.24. The van der Waals surface area contributed by atoms with E-state index in [0.29, 0.717) is 30.8 Å². The lowest BCUT2D eigenvalue weighted by molar-refractivity contribution is 0.529. The molecule has 0 N–H and O–H groups in total. The molecule has 1 aromatic heterocycles. The Morgan fingerprint density at radius 2 is 1.74 bits per heavy atom. The quantitative estimate of drug-likeness (QED) is 0.405. The number of piperidine rings is 1. The zero-order valence-corrected chi connectivity index (χ0v) is 21.2. The van der Waals surface area contributed by atoms with Gasteiger partial charge in [0.25, 0.3) is 0 Å². The molecule has 1 aliphatic heterocycles. The van der Waals surface area contributed by atoms with Crippen LogP contribution in [0.5, 0.6) is 0 Å². The Morgan fingerprint density at radius 1 is 1.06 bits per heavy atom. The Bertz CT molecular complexity index is 1160. The molecule has 2 aromatic carbocycles. The van der Waals surface area contributed by atoms with Gasteiger partial charge in [0.1, 0.15) is 0 Å². The number of aromatic nitrogens is 1. The molecule has 0 bridgehead atoms. The molecule has 1 aliphatic rings. The van der Waals surface area contributed by atoms with Crippen molar-refractivity contribution in [3.63, 3.8) is 0 Å². The van der Waals surface area contributed by atoms with Crippen LogP contribution in [0.25, 0.3) is 11.3 Å². The van der Waals surface area contributed by atoms with Gasteiger partial charge in [-0.3, -0.25) is 0 Å². The van der Waals surface area contributed by atoms with Crippen LogP contribution in [0.15, 0.2) is 63.3 Å². The smallest absolute Gasteiger partial charge is 0.185 e. The van der Waals surface area contributed by atoms with Gasteiger partial charge in [0.15, 0.2) is 15.0 Å². The molecule has 0 radical (unpaired) electrons. The first-order valence-corrected chi connectivity index (χ1v) is 13.7. The molecule has 1 fully saturated rings. The van der Waals surface area contributed by atoms with E-state index in [-0.39, 0.29) is 10.7 Å². The molecule has 2 heterocycles. The fourth-order valence-corrected chi connectivity index (χ4v) is 6.90. The zero-order chi connectivity index (χ0) is 22.2. The molecule has 0 spiro atoms. The second-order valence-corrected chi connectivity index (χ2v) is 13.0. The van der Waals surface area contributed by atoms with Gasteiger partial charge in [-0.1, -0.05) is 61.0 Å². The van der Waals surface area contributed by atoms with Gasteiger partial charge in [0, 0.05) is 28.5 Å². The van der Waals surface area contributed by atoms with E-state index in [1.807, 2.05) is 30.3 Å². The highest BCUT2D eigenvalue weighted by Crippen LogP contribution is 2.33. The Balaban J connectivity index is 1.44. The largest absolute Gasteiger partial charge is 0.348 e. The van der Waals surface area contributed by atoms with Gasteiger partial charge in [-0.2, -0.15) is 0 Å². The molecule has 4 nitrogen and oxygen atoms in total. The summed E-state index contributed by atoms with van der Waals surface area (Å²) in [5.74, 6) is 0. The Labute approximate surface area is 197 Å². The molecule has 0 aliphatic carbocycles. The molecule has 0 unspecified atom stereocenters. The predicted octanol–water partition coefficient (Wildman–Crippen LogP) is 6.31. The summed E-state index contributed by atoms with van der Waals surface area (Å²) < 4.78 is 27.4. The van der Waals surface area contributed by atoms with Crippen LogP contribution in [0.2, 0.25) is 0 Å². The Hall–Kier alpha value is -1.70. The minimum Gasteiger partial charge on any atom is -0.348 e. The third-order valence-electron chi connectivity index (χ3n) is 5.81. The summed E-state index contributed by atoms with van der Waals surface area (Å²) in [6.07, 6.45) is 1.24. The monoisotopic (exact) mass is 518 g/mol. The number of halogens is 1. The van der Waals surface area contributed by atoms with Crippen molar-refractivity contribution in [3.8, 4) is 11.3 Å². The molecule has 0 saturated carbocycles. The number of benzene rings is 2. The van der Waals surface area contributed by atoms with Crippen molar-refractivity contribution in [2.24, 2.45) is 0 Å². The summed E-state index contributed by atoms with van der Waals surface area (Å²) in [5, 5.41) is 2.69. The number of nitrogens with zero attached hydrogens (tertiary/aromatic N) is 2. The molecule has 164 valence electrons. The lowest BCUT2D eigenvalue weighted by Crippen LogP contribution is -2.39. The van der Waals surface area contributed by atoms with E-state index in [4.69, 9.17) is 4.98 Å². The fraction of sp³-hybridized carbons (Fsp3) is 0.375. The molecule has 0 amide bonds. The molecular weight excluding hydrogens is 492 g/mol. The van der Waals surface area contributed by atoms with Crippen molar-refractivity contribution in [1.29, 1.82) is 0 Å². The lowest BCUT2D eigenvalue weighted by atomic mass is 9.87. The number of thiazole rings is 1. The molecular formula is C24H27BrN2O2S2. The van der Waals surface area contributed by atoms with Gasteiger partial charge in [-0.05, 0) is 48.1 Å². The zero-order valence-electron chi connectivity index (χ0n) is 18.0. The highest BCUT2D eigenvalue weighted by atomic mass is 79.9. The SMILES string of the molecule is CC(C)(C)c1ccc(S(=O)(=O)C2CCN(c3nc(-c4cccc(Br)c4)cs3)CC2)cc1. The molecule has 7 heteroatoms. The minimum absolute atomic E-state index is 0.00994. The maximum Gasteiger partial charge on any atom is 0.185 e. The van der Waals surface area contributed by atoms with Gasteiger partial charge in [0.2, 0.25) is 0 Å². The highest BCUT2D eigenvalue weighted by Gasteiger charge is 2.32. The van der Waals surface area contributed by atoms with Crippen molar-refractivity contribution in [2.75, 3.05) is 18.0 Å². The third-order valence-corrected chi connectivity index (χ3v) is 9.49. The van der Waals surface area contributed by atoms with Crippen molar-refractivity contribution in [2.45, 2.75) is 49.2 Å². The number of hydrogen-bond donors (Lipinski definition) is 0. The maximum absolute atomic E-state index is 13.2. The van der Waals surface area contributed by atoms with Gasteiger partial charge in [0.05, 0.1) is 15.8 Å². The van der Waals surface area contributed by atoms with Crippen LogP contribution < -0.4 is 4.90 Å². The lowest BCUT2D eigenvalue weighted by Gasteiger charge is -2.31. The number of rotatable bonds is 4. The molecule has 31 heavy (non-hydrogen) atoms. The summed E-state index contributed by atoms with van der Waals surface area (Å²) in [7, 11) is -3.32. The maximum atomic E-state index is 13.2. The standard InChI is InChI=1S/C24H27BrN2O2S2/c1-24(2,3)18-7-9-20(10-8-18)31(28,29)21-11-13-27(14-12-21)23-26-22(16-30-23)17-5-4-6-19(25)15-17/h4-10,15-16,21H,11-14H2,1-3H3. The summed E-state index contributed by atoms with van der Waals surface area (Å²) in [6.45, 7) is 7.80. The first-order chi connectivity index (χ1) is 14.6. The molecule has 3 aromatic rings. The summed E-state index contributed by atoms with van der Waals surface area (Å²) in [5.41, 5.74) is 3.19. The second kappa shape index (κ2) is 8.68. The van der Waals surface area contributed by atoms with Crippen LogP contribution in [-0.4, -0.2) is 31.7 Å². The first-order valence-electron chi connectivity index (χ1n) is 10.5. The van der Waals surface area contributed by atoms with Crippen LogP contribution in [0.3, 0.4) is 0 Å². The average molecular weight is 520 g/mol. The summed E-state index contributed by atoms with van der Waals surface area (Å²) in [4.78, 5) is 7.44. The predicted molar refractivity (Wildman–Crippen MR) is 133 cm³/mol. The van der Waals surface area contributed by atoms with Crippen LogP contribution in [0.4, 0.5) is 5.13 Å². The Morgan fingerprint density at radius 3 is 2.35 bits per heavy atom. The summed E-state index contributed by atoms with van der Waals surface area (Å²) >= 11 is 5.12. The van der Waals surface area contributed by atoms with E-state index in [0.717, 1.165) is 26.4 Å². The van der Waals surface area contributed by atoms with E-state index < -0.39 is 9.84 Å². The molecule has 1 saturated heterocycles.